The molecule has 2 rings (SSSR count). The van der Waals surface area contributed by atoms with Gasteiger partial charge in [0.25, 0.3) is 0 Å². The Morgan fingerprint density at radius 2 is 1.10 bits per heavy atom. The van der Waals surface area contributed by atoms with Gasteiger partial charge in [-0.1, -0.05) is 173 Å². The number of unbranched alkanes of at least 4 members (excludes halogenated alkanes) is 23. The van der Waals surface area contributed by atoms with Crippen molar-refractivity contribution in [1.29, 1.82) is 0 Å². The van der Waals surface area contributed by atoms with Crippen LogP contribution in [-0.2, 0) is 30.3 Å². The molecule has 0 spiro atoms. The zero-order chi connectivity index (χ0) is 49.0. The Labute approximate surface area is 409 Å². The number of fused-ring (bicyclic) bond motifs is 1. The van der Waals surface area contributed by atoms with Crippen molar-refractivity contribution < 1.29 is 33.3 Å². The molecule has 11 heteroatoms. The number of nitrogens with zero attached hydrogens (tertiary/aromatic N) is 1. The maximum atomic E-state index is 14.1. The van der Waals surface area contributed by atoms with Crippen LogP contribution >= 0.6 is 0 Å². The van der Waals surface area contributed by atoms with Gasteiger partial charge in [-0.2, -0.15) is 0 Å². The molecule has 3 N–H and O–H groups in total. The molecule has 0 aliphatic rings. The van der Waals surface area contributed by atoms with Crippen LogP contribution in [0.5, 0.6) is 0 Å². The SMILES string of the molecule is CCCCCCCCCCCCCCOCC(CNC(=O)C(CCCCNC(=O)OC(C)(C)C)NCc1cn(C(=O)OC(C)(C)C)c2ccccc12)OCCCCCCCCCCCCCC. The predicted octanol–water partition coefficient (Wildman–Crippen LogP) is 14.5. The molecule has 0 radical (unpaired) electrons. The highest BCUT2D eigenvalue weighted by molar-refractivity contribution is 5.92. The molecule has 0 aliphatic carbocycles. The van der Waals surface area contributed by atoms with Crippen molar-refractivity contribution in [3.05, 3.63) is 36.0 Å². The first-order chi connectivity index (χ1) is 32.2. The summed E-state index contributed by atoms with van der Waals surface area (Å²) in [6.45, 7) is 18.6. The van der Waals surface area contributed by atoms with Gasteiger partial charge in [-0.3, -0.25) is 9.36 Å². The number of nitrogens with one attached hydrogen (secondary N) is 3. The predicted molar refractivity (Wildman–Crippen MR) is 278 cm³/mol. The monoisotopic (exact) mass is 941 g/mol. The van der Waals surface area contributed by atoms with Crippen molar-refractivity contribution in [2.75, 3.05) is 32.9 Å². The lowest BCUT2D eigenvalue weighted by molar-refractivity contribution is -0.124. The fourth-order valence-corrected chi connectivity index (χ4v) is 8.35. The molecule has 1 aromatic carbocycles. The Kier molecular flexibility index (Phi) is 32.9. The van der Waals surface area contributed by atoms with E-state index in [1.165, 1.54) is 135 Å². The molecular formula is C56H100N4O7. The third kappa shape index (κ3) is 30.9. The number of benzene rings is 1. The fraction of sp³-hybridized carbons (Fsp3) is 0.804. The van der Waals surface area contributed by atoms with Crippen molar-refractivity contribution >= 4 is 29.0 Å². The number of alkyl carbamates (subject to hydrolysis) is 1. The van der Waals surface area contributed by atoms with Crippen LogP contribution < -0.4 is 16.0 Å². The summed E-state index contributed by atoms with van der Waals surface area (Å²) in [5, 5.41) is 10.5. The average Bonchev–Trinajstić information content (AvgIpc) is 3.65. The lowest BCUT2D eigenvalue weighted by atomic mass is 10.1. The van der Waals surface area contributed by atoms with E-state index in [1.807, 2.05) is 65.8 Å². The van der Waals surface area contributed by atoms with Crippen LogP contribution in [0.3, 0.4) is 0 Å². The van der Waals surface area contributed by atoms with E-state index in [1.54, 1.807) is 10.8 Å². The summed E-state index contributed by atoms with van der Waals surface area (Å²) in [6, 6.07) is 7.22. The van der Waals surface area contributed by atoms with Gasteiger partial charge in [0.05, 0.1) is 24.3 Å². The first kappa shape index (κ1) is 60.0. The van der Waals surface area contributed by atoms with Gasteiger partial charge in [0.15, 0.2) is 0 Å². The first-order valence-electron chi connectivity index (χ1n) is 27.2. The van der Waals surface area contributed by atoms with E-state index >= 15 is 0 Å². The van der Waals surface area contributed by atoms with Crippen LogP contribution in [0.4, 0.5) is 9.59 Å². The molecular weight excluding hydrogens is 841 g/mol. The number of ether oxygens (including phenoxy) is 4. The van der Waals surface area contributed by atoms with Crippen LogP contribution in [-0.4, -0.2) is 78.9 Å². The molecule has 2 aromatic rings. The fourth-order valence-electron chi connectivity index (χ4n) is 8.35. The number of hydrogen-bond donors (Lipinski definition) is 3. The summed E-state index contributed by atoms with van der Waals surface area (Å²) in [4.78, 5) is 39.6. The maximum absolute atomic E-state index is 14.1. The summed E-state index contributed by atoms with van der Waals surface area (Å²) in [5.41, 5.74) is 0.420. The molecule has 1 heterocycles. The summed E-state index contributed by atoms with van der Waals surface area (Å²) in [7, 11) is 0. The number of amides is 2. The quantitative estimate of drug-likeness (QED) is 0.0564. The molecule has 0 saturated heterocycles. The van der Waals surface area contributed by atoms with Gasteiger partial charge in [0.1, 0.15) is 11.2 Å². The van der Waals surface area contributed by atoms with Gasteiger partial charge < -0.3 is 34.9 Å². The van der Waals surface area contributed by atoms with Gasteiger partial charge in [-0.05, 0) is 85.3 Å². The van der Waals surface area contributed by atoms with Gasteiger partial charge in [-0.15, -0.1) is 0 Å². The van der Waals surface area contributed by atoms with Crippen LogP contribution in [0.1, 0.15) is 234 Å². The number of carbonyl (C=O) groups excluding carboxylic acids is 3. The van der Waals surface area contributed by atoms with E-state index in [4.69, 9.17) is 18.9 Å². The van der Waals surface area contributed by atoms with Crippen molar-refractivity contribution in [3.63, 3.8) is 0 Å². The Balaban J connectivity index is 2.00. The minimum Gasteiger partial charge on any atom is -0.444 e. The summed E-state index contributed by atoms with van der Waals surface area (Å²) >= 11 is 0. The zero-order valence-corrected chi connectivity index (χ0v) is 44.2. The largest absolute Gasteiger partial charge is 0.444 e. The van der Waals surface area contributed by atoms with Crippen LogP contribution in [0.2, 0.25) is 0 Å². The van der Waals surface area contributed by atoms with E-state index in [2.05, 4.69) is 29.8 Å². The van der Waals surface area contributed by atoms with E-state index in [0.29, 0.717) is 58.7 Å². The van der Waals surface area contributed by atoms with E-state index in [-0.39, 0.29) is 12.0 Å². The minimum atomic E-state index is -0.645. The van der Waals surface area contributed by atoms with Crippen LogP contribution in [0.15, 0.2) is 30.5 Å². The number of rotatable bonds is 40. The molecule has 386 valence electrons. The molecule has 2 unspecified atom stereocenters. The van der Waals surface area contributed by atoms with Gasteiger partial charge in [-0.25, -0.2) is 9.59 Å². The number of aromatic nitrogens is 1. The van der Waals surface area contributed by atoms with Gasteiger partial charge >= 0.3 is 12.2 Å². The van der Waals surface area contributed by atoms with Crippen molar-refractivity contribution in [2.45, 2.75) is 259 Å². The number of carbonyl (C=O) groups is 3. The molecule has 0 aliphatic heterocycles. The van der Waals surface area contributed by atoms with Crippen molar-refractivity contribution in [1.82, 2.24) is 20.5 Å². The molecule has 2 amide bonds. The van der Waals surface area contributed by atoms with Crippen molar-refractivity contribution in [3.8, 4) is 0 Å². The highest BCUT2D eigenvalue weighted by atomic mass is 16.6. The second-order valence-corrected chi connectivity index (χ2v) is 21.0. The van der Waals surface area contributed by atoms with Gasteiger partial charge in [0, 0.05) is 44.4 Å². The zero-order valence-electron chi connectivity index (χ0n) is 44.2. The van der Waals surface area contributed by atoms with Crippen LogP contribution in [0.25, 0.3) is 10.9 Å². The third-order valence-corrected chi connectivity index (χ3v) is 12.1. The lowest BCUT2D eigenvalue weighted by Crippen LogP contribution is -2.47. The Bertz CT molecular complexity index is 1560. The van der Waals surface area contributed by atoms with E-state index in [0.717, 1.165) is 35.7 Å². The first-order valence-corrected chi connectivity index (χ1v) is 27.2. The lowest BCUT2D eigenvalue weighted by Gasteiger charge is -2.22. The number of para-hydroxylation sites is 1. The van der Waals surface area contributed by atoms with E-state index < -0.39 is 29.4 Å². The number of hydrogen-bond acceptors (Lipinski definition) is 8. The molecule has 0 saturated carbocycles. The molecule has 2 atom stereocenters. The third-order valence-electron chi connectivity index (χ3n) is 12.1. The highest BCUT2D eigenvalue weighted by Gasteiger charge is 2.24. The van der Waals surface area contributed by atoms with E-state index in [9.17, 15) is 14.4 Å². The molecule has 1 aromatic heterocycles. The Morgan fingerprint density at radius 3 is 1.64 bits per heavy atom. The van der Waals surface area contributed by atoms with Crippen molar-refractivity contribution in [2.24, 2.45) is 0 Å². The Hall–Kier alpha value is -3.15. The standard InChI is InChI=1S/C56H100N4O7/c1-9-11-13-15-17-19-21-23-25-27-29-35-41-64-46-48(65-42-36-30-28-26-24-22-20-18-16-14-12-10-2)44-59-52(61)50(38-33-34-40-57-53(62)66-55(3,4)5)58-43-47-45-60(54(63)67-56(6,7)8)51-39-32-31-37-49(47)51/h31-32,37,39,45,48,50,58H,9-30,33-36,38,40-44,46H2,1-8H3,(H,57,62)(H,59,61). The highest BCUT2D eigenvalue weighted by Crippen LogP contribution is 2.24. The molecule has 67 heavy (non-hydrogen) atoms. The Morgan fingerprint density at radius 1 is 0.597 bits per heavy atom. The summed E-state index contributed by atoms with van der Waals surface area (Å²) < 4.78 is 25.3. The minimum absolute atomic E-state index is 0.115. The van der Waals surface area contributed by atoms with Gasteiger partial charge in [0.2, 0.25) is 5.91 Å². The molecule has 0 bridgehead atoms. The summed E-state index contributed by atoms with van der Waals surface area (Å²) in [5.74, 6) is -0.115. The average molecular weight is 941 g/mol. The second-order valence-electron chi connectivity index (χ2n) is 21.0. The normalized spacial score (nSPS) is 12.9. The molecule has 0 fully saturated rings. The summed E-state index contributed by atoms with van der Waals surface area (Å²) in [6.07, 6.45) is 33.7. The smallest absolute Gasteiger partial charge is 0.419 e. The molecule has 11 nitrogen and oxygen atoms in total. The maximum Gasteiger partial charge on any atom is 0.419 e. The van der Waals surface area contributed by atoms with Crippen LogP contribution in [0, 0.1) is 0 Å². The topological polar surface area (TPSA) is 129 Å². The second kappa shape index (κ2) is 36.8.